The summed E-state index contributed by atoms with van der Waals surface area (Å²) < 4.78 is 10.2. The lowest BCUT2D eigenvalue weighted by Gasteiger charge is -2.03. The van der Waals surface area contributed by atoms with Crippen molar-refractivity contribution in [2.24, 2.45) is 5.16 Å². The molecule has 0 bridgehead atoms. The van der Waals surface area contributed by atoms with Crippen LogP contribution in [0.5, 0.6) is 5.75 Å². The zero-order valence-electron chi connectivity index (χ0n) is 14.3. The van der Waals surface area contributed by atoms with Crippen LogP contribution in [0.1, 0.15) is 18.1 Å². The lowest BCUT2D eigenvalue weighted by molar-refractivity contribution is -0.150. The second-order valence-corrected chi connectivity index (χ2v) is 5.32. The second kappa shape index (κ2) is 9.93. The summed E-state index contributed by atoms with van der Waals surface area (Å²) in [5, 5.41) is 3.78. The molecule has 0 atom stereocenters. The number of rotatable bonds is 8. The first-order valence-electron chi connectivity index (χ1n) is 7.84. The Morgan fingerprint density at radius 3 is 2.48 bits per heavy atom. The first-order valence-corrected chi connectivity index (χ1v) is 7.84. The second-order valence-electron chi connectivity index (χ2n) is 5.32. The third-order valence-electron chi connectivity index (χ3n) is 3.27. The van der Waals surface area contributed by atoms with Crippen molar-refractivity contribution in [2.45, 2.75) is 13.5 Å². The number of benzene rings is 2. The maximum Gasteiger partial charge on any atom is 0.347 e. The minimum absolute atomic E-state index is 0.223. The number of esters is 1. The van der Waals surface area contributed by atoms with Crippen molar-refractivity contribution in [3.63, 3.8) is 0 Å². The first kappa shape index (κ1) is 18.3. The number of carbonyl (C=O) groups excluding carboxylic acids is 1. The SMILES string of the molecule is COc1ccc(/C=C(C)/C=N/OCC(=O)OCc2ccccc2)cc1. The molecule has 0 saturated heterocycles. The van der Waals surface area contributed by atoms with E-state index in [0.717, 1.165) is 22.4 Å². The average molecular weight is 339 g/mol. The van der Waals surface area contributed by atoms with Crippen molar-refractivity contribution in [2.75, 3.05) is 13.7 Å². The quantitative estimate of drug-likeness (QED) is 0.416. The van der Waals surface area contributed by atoms with Gasteiger partial charge in [0.25, 0.3) is 0 Å². The summed E-state index contributed by atoms with van der Waals surface area (Å²) in [7, 11) is 1.63. The molecule has 0 aromatic heterocycles. The largest absolute Gasteiger partial charge is 0.497 e. The smallest absolute Gasteiger partial charge is 0.347 e. The van der Waals surface area contributed by atoms with Gasteiger partial charge in [0.15, 0.2) is 0 Å². The zero-order valence-corrected chi connectivity index (χ0v) is 14.3. The van der Waals surface area contributed by atoms with E-state index in [1.807, 2.05) is 67.6 Å². The number of hydrogen-bond donors (Lipinski definition) is 0. The van der Waals surface area contributed by atoms with E-state index in [1.165, 1.54) is 0 Å². The van der Waals surface area contributed by atoms with E-state index in [-0.39, 0.29) is 13.2 Å². The molecule has 0 unspecified atom stereocenters. The molecule has 5 heteroatoms. The highest BCUT2D eigenvalue weighted by Gasteiger charge is 2.03. The van der Waals surface area contributed by atoms with Crippen LogP contribution in [0.4, 0.5) is 0 Å². The van der Waals surface area contributed by atoms with Gasteiger partial charge in [-0.2, -0.15) is 0 Å². The van der Waals surface area contributed by atoms with Crippen LogP contribution in [-0.2, 0) is 21.0 Å². The van der Waals surface area contributed by atoms with Crippen molar-refractivity contribution in [3.05, 3.63) is 71.3 Å². The summed E-state index contributed by atoms with van der Waals surface area (Å²) in [6.07, 6.45) is 3.49. The molecule has 0 fully saturated rings. The van der Waals surface area contributed by atoms with E-state index in [2.05, 4.69) is 5.16 Å². The predicted octanol–water partition coefficient (Wildman–Crippen LogP) is 3.84. The van der Waals surface area contributed by atoms with Gasteiger partial charge in [-0.15, -0.1) is 0 Å². The van der Waals surface area contributed by atoms with E-state index in [9.17, 15) is 4.79 Å². The number of methoxy groups -OCH3 is 1. The molecule has 130 valence electrons. The third-order valence-corrected chi connectivity index (χ3v) is 3.27. The Labute approximate surface area is 147 Å². The third kappa shape index (κ3) is 6.91. The van der Waals surface area contributed by atoms with Gasteiger partial charge < -0.3 is 14.3 Å². The molecule has 5 nitrogen and oxygen atoms in total. The Morgan fingerprint density at radius 2 is 1.80 bits per heavy atom. The summed E-state index contributed by atoms with van der Waals surface area (Å²) in [6, 6.07) is 17.1. The molecular formula is C20H21NO4. The van der Waals surface area contributed by atoms with E-state index < -0.39 is 5.97 Å². The van der Waals surface area contributed by atoms with E-state index >= 15 is 0 Å². The monoisotopic (exact) mass is 339 g/mol. The Morgan fingerprint density at radius 1 is 1.08 bits per heavy atom. The topological polar surface area (TPSA) is 57.1 Å². The van der Waals surface area contributed by atoms with Crippen molar-refractivity contribution in [3.8, 4) is 5.75 Å². The van der Waals surface area contributed by atoms with Crippen LogP contribution in [0.25, 0.3) is 6.08 Å². The summed E-state index contributed by atoms with van der Waals surface area (Å²) >= 11 is 0. The number of allylic oxidation sites excluding steroid dienone is 1. The fourth-order valence-electron chi connectivity index (χ4n) is 1.99. The minimum Gasteiger partial charge on any atom is -0.497 e. The molecule has 0 saturated carbocycles. The highest BCUT2D eigenvalue weighted by atomic mass is 16.6. The van der Waals surface area contributed by atoms with Gasteiger partial charge in [0, 0.05) is 0 Å². The number of oxime groups is 1. The standard InChI is InChI=1S/C20H21NO4/c1-16(12-17-8-10-19(23-2)11-9-17)13-21-25-15-20(22)24-14-18-6-4-3-5-7-18/h3-13H,14-15H2,1-2H3/b16-12+,21-13+. The molecule has 0 spiro atoms. The van der Waals surface area contributed by atoms with Crippen molar-refractivity contribution in [1.82, 2.24) is 0 Å². The van der Waals surface area contributed by atoms with Crippen LogP contribution >= 0.6 is 0 Å². The van der Waals surface area contributed by atoms with Gasteiger partial charge in [0.05, 0.1) is 13.3 Å². The average Bonchev–Trinajstić information content (AvgIpc) is 2.65. The van der Waals surface area contributed by atoms with Gasteiger partial charge in [-0.1, -0.05) is 53.7 Å². The number of hydrogen-bond acceptors (Lipinski definition) is 5. The van der Waals surface area contributed by atoms with Crippen LogP contribution in [-0.4, -0.2) is 25.9 Å². The number of carbonyl (C=O) groups is 1. The zero-order chi connectivity index (χ0) is 17.9. The van der Waals surface area contributed by atoms with Crippen LogP contribution in [0.2, 0.25) is 0 Å². The summed E-state index contributed by atoms with van der Waals surface area (Å²) in [5.74, 6) is 0.346. The van der Waals surface area contributed by atoms with Crippen LogP contribution in [0.15, 0.2) is 65.3 Å². The Kier molecular flexibility index (Phi) is 7.25. The van der Waals surface area contributed by atoms with Gasteiger partial charge in [-0.3, -0.25) is 0 Å². The van der Waals surface area contributed by atoms with E-state index in [1.54, 1.807) is 13.3 Å². The molecule has 0 radical (unpaired) electrons. The van der Waals surface area contributed by atoms with Crippen LogP contribution < -0.4 is 4.74 Å². The number of nitrogens with zero attached hydrogens (tertiary/aromatic N) is 1. The maximum absolute atomic E-state index is 11.6. The van der Waals surface area contributed by atoms with E-state index in [0.29, 0.717) is 0 Å². The predicted molar refractivity (Wildman–Crippen MR) is 97.3 cm³/mol. The fourth-order valence-corrected chi connectivity index (χ4v) is 1.99. The fraction of sp³-hybridized carbons (Fsp3) is 0.200. The van der Waals surface area contributed by atoms with Crippen molar-refractivity contribution >= 4 is 18.3 Å². The molecule has 2 aromatic rings. The summed E-state index contributed by atoms with van der Waals surface area (Å²) in [5.41, 5.74) is 2.84. The molecule has 0 aliphatic heterocycles. The normalized spacial score (nSPS) is 11.4. The lowest BCUT2D eigenvalue weighted by Crippen LogP contribution is -2.10. The van der Waals surface area contributed by atoms with Crippen LogP contribution in [0, 0.1) is 0 Å². The highest BCUT2D eigenvalue weighted by Crippen LogP contribution is 2.13. The first-order chi connectivity index (χ1) is 12.2. The van der Waals surface area contributed by atoms with Gasteiger partial charge in [-0.05, 0) is 35.8 Å². The minimum atomic E-state index is -0.460. The molecule has 0 N–H and O–H groups in total. The van der Waals surface area contributed by atoms with Gasteiger partial charge in [0.2, 0.25) is 6.61 Å². The van der Waals surface area contributed by atoms with Gasteiger partial charge >= 0.3 is 5.97 Å². The molecule has 0 aliphatic carbocycles. The van der Waals surface area contributed by atoms with E-state index in [4.69, 9.17) is 14.3 Å². The maximum atomic E-state index is 11.6. The molecule has 0 aliphatic rings. The lowest BCUT2D eigenvalue weighted by atomic mass is 10.1. The molecule has 2 aromatic carbocycles. The summed E-state index contributed by atoms with van der Waals surface area (Å²) in [4.78, 5) is 16.5. The van der Waals surface area contributed by atoms with Crippen molar-refractivity contribution in [1.29, 1.82) is 0 Å². The van der Waals surface area contributed by atoms with Crippen LogP contribution in [0.3, 0.4) is 0 Å². The molecular weight excluding hydrogens is 318 g/mol. The Bertz CT molecular complexity index is 721. The molecule has 0 amide bonds. The number of ether oxygens (including phenoxy) is 2. The van der Waals surface area contributed by atoms with Gasteiger partial charge in [-0.25, -0.2) is 4.79 Å². The molecule has 0 heterocycles. The molecule has 2 rings (SSSR count). The summed E-state index contributed by atoms with van der Waals surface area (Å²) in [6.45, 7) is 1.90. The Balaban J connectivity index is 1.72. The van der Waals surface area contributed by atoms with Gasteiger partial charge in [0.1, 0.15) is 12.4 Å². The van der Waals surface area contributed by atoms with Crippen molar-refractivity contribution < 1.29 is 19.1 Å². The Hall–Kier alpha value is -3.08. The highest BCUT2D eigenvalue weighted by molar-refractivity contribution is 5.84. The molecule has 25 heavy (non-hydrogen) atoms.